The van der Waals surface area contributed by atoms with Crippen LogP contribution in [0, 0.1) is 23.1 Å². The third kappa shape index (κ3) is 4.62. The van der Waals surface area contributed by atoms with Crippen LogP contribution in [0.15, 0.2) is 60.9 Å². The molecule has 0 aliphatic heterocycles. The highest BCUT2D eigenvalue weighted by atomic mass is 35.5. The molecule has 0 aliphatic carbocycles. The second kappa shape index (κ2) is 9.61. The second-order valence-electron chi connectivity index (χ2n) is 7.49. The molecule has 4 aromatic rings. The second-order valence-corrected chi connectivity index (χ2v) is 10.4. The Morgan fingerprint density at radius 1 is 1.34 bits per heavy atom. The smallest absolute Gasteiger partial charge is 0.268 e. The zero-order valence-electron chi connectivity index (χ0n) is 18.3. The van der Waals surface area contributed by atoms with E-state index in [4.69, 9.17) is 22.7 Å². The van der Waals surface area contributed by atoms with Crippen molar-refractivity contribution in [3.63, 3.8) is 0 Å². The van der Waals surface area contributed by atoms with Crippen LogP contribution in [0.2, 0.25) is 5.02 Å². The van der Waals surface area contributed by atoms with Crippen molar-refractivity contribution in [2.24, 2.45) is 0 Å². The van der Waals surface area contributed by atoms with Gasteiger partial charge < -0.3 is 20.0 Å². The van der Waals surface area contributed by atoms with Gasteiger partial charge in [0.05, 0.1) is 17.9 Å². The van der Waals surface area contributed by atoms with Gasteiger partial charge in [0.15, 0.2) is 18.1 Å². The van der Waals surface area contributed by atoms with Crippen LogP contribution >= 0.6 is 19.0 Å². The van der Waals surface area contributed by atoms with E-state index in [1.54, 1.807) is 30.3 Å². The monoisotopic (exact) mass is 505 g/mol. The first-order valence-electron chi connectivity index (χ1n) is 10.2. The first-order valence-corrected chi connectivity index (χ1v) is 12.2. The van der Waals surface area contributed by atoms with E-state index in [1.165, 1.54) is 37.7 Å². The van der Waals surface area contributed by atoms with E-state index in [-0.39, 0.29) is 34.1 Å². The number of hydrogen-bond acceptors (Lipinski definition) is 5. The summed E-state index contributed by atoms with van der Waals surface area (Å²) in [5.41, 5.74) is 1.27. The van der Waals surface area contributed by atoms with Crippen molar-refractivity contribution in [1.29, 1.82) is 5.26 Å². The van der Waals surface area contributed by atoms with Crippen LogP contribution in [0.4, 0.5) is 5.69 Å². The lowest BCUT2D eigenvalue weighted by atomic mass is 10.2. The van der Waals surface area contributed by atoms with Gasteiger partial charge in [-0.05, 0) is 42.5 Å². The quantitative estimate of drug-likeness (QED) is 0.179. The Hall–Kier alpha value is -4.14. The summed E-state index contributed by atoms with van der Waals surface area (Å²) in [5, 5.41) is 24.6. The van der Waals surface area contributed by atoms with Crippen molar-refractivity contribution in [3.05, 3.63) is 99.4 Å². The maximum Gasteiger partial charge on any atom is 0.268 e. The Morgan fingerprint density at radius 3 is 2.83 bits per heavy atom. The summed E-state index contributed by atoms with van der Waals surface area (Å²) < 4.78 is 20.6. The summed E-state index contributed by atoms with van der Waals surface area (Å²) in [6.07, 6.45) is 2.65. The molecule has 0 fully saturated rings. The number of hydrogen-bond donors (Lipinski definition) is 2. The van der Waals surface area contributed by atoms with Gasteiger partial charge in [-0.15, -0.1) is 0 Å². The number of fused-ring (bicyclic) bond motifs is 1. The highest BCUT2D eigenvalue weighted by Crippen LogP contribution is 2.48. The number of benzene rings is 2. The first-order chi connectivity index (χ1) is 16.8. The summed E-state index contributed by atoms with van der Waals surface area (Å²) in [5.74, 6) is -0.590. The topological polar surface area (TPSA) is 126 Å². The van der Waals surface area contributed by atoms with E-state index in [1.807, 2.05) is 6.07 Å². The van der Waals surface area contributed by atoms with E-state index in [2.05, 4.69) is 15.1 Å². The molecule has 2 aromatic carbocycles. The molecule has 1 unspecified atom stereocenters. The number of nitriles is 1. The van der Waals surface area contributed by atoms with E-state index in [0.29, 0.717) is 26.2 Å². The summed E-state index contributed by atoms with van der Waals surface area (Å²) in [6, 6.07) is 14.1. The number of amides is 1. The number of rotatable bonds is 6. The van der Waals surface area contributed by atoms with Gasteiger partial charge in [-0.25, -0.2) is 4.85 Å². The molecule has 11 heteroatoms. The Morgan fingerprint density at radius 2 is 2.14 bits per heavy atom. The number of nitrogens with zero attached hydrogens (tertiary/aromatic N) is 3. The molecule has 1 atom stereocenters. The normalized spacial score (nSPS) is 12.5. The van der Waals surface area contributed by atoms with E-state index < -0.39 is 13.3 Å². The van der Waals surface area contributed by atoms with Crippen molar-refractivity contribution in [1.82, 2.24) is 10.3 Å². The molecule has 2 heterocycles. The lowest BCUT2D eigenvalue weighted by molar-refractivity contribution is -0.605. The molecule has 4 rings (SSSR count). The van der Waals surface area contributed by atoms with Gasteiger partial charge in [0, 0.05) is 52.1 Å². The Bertz CT molecular complexity index is 1570. The minimum absolute atomic E-state index is 0.0231. The lowest BCUT2D eigenvalue weighted by Gasteiger charge is -2.19. The van der Waals surface area contributed by atoms with Gasteiger partial charge >= 0.3 is 0 Å². The molecule has 2 aromatic heterocycles. The number of aromatic amines is 1. The van der Waals surface area contributed by atoms with Crippen molar-refractivity contribution in [2.45, 2.75) is 6.54 Å². The van der Waals surface area contributed by atoms with E-state index in [0.717, 1.165) is 0 Å². The van der Waals surface area contributed by atoms with Gasteiger partial charge in [0.25, 0.3) is 13.3 Å². The first kappa shape index (κ1) is 24.0. The average molecular weight is 506 g/mol. The van der Waals surface area contributed by atoms with Gasteiger partial charge in [0.1, 0.15) is 5.69 Å². The van der Waals surface area contributed by atoms with Crippen molar-refractivity contribution >= 4 is 52.1 Å². The number of pyridine rings is 1. The number of aromatic nitrogens is 2. The molecule has 1 amide bonds. The van der Waals surface area contributed by atoms with Gasteiger partial charge in [0.2, 0.25) is 0 Å². The van der Waals surface area contributed by atoms with Gasteiger partial charge in [-0.1, -0.05) is 11.6 Å². The maximum absolute atomic E-state index is 14.4. The predicted molar refractivity (Wildman–Crippen MR) is 131 cm³/mol. The maximum atomic E-state index is 14.4. The Kier molecular flexibility index (Phi) is 6.59. The molecule has 9 nitrogen and oxygen atoms in total. The molecule has 0 spiro atoms. The van der Waals surface area contributed by atoms with Crippen LogP contribution in [0.1, 0.15) is 21.6 Å². The molecular formula is C24H17ClN5O4P. The molecular weight excluding hydrogens is 489 g/mol. The van der Waals surface area contributed by atoms with Crippen LogP contribution in [0.25, 0.3) is 15.7 Å². The van der Waals surface area contributed by atoms with E-state index >= 15 is 0 Å². The Balaban J connectivity index is 1.88. The zero-order chi connectivity index (χ0) is 25.2. The highest BCUT2D eigenvalue weighted by Gasteiger charge is 2.36. The standard InChI is InChI=1S/C24H17ClN5O4P/c1-27-18-8-16(12-26)9-19(11-18)35(33,34-2)23-20-10-17(25)5-6-21(20)29-22(23)24(31)28-13-15-4-3-7-30(32)14-15/h3-11,14,29H,13H2,2H3,(H,28,31). The molecule has 35 heavy (non-hydrogen) atoms. The molecule has 0 saturated carbocycles. The van der Waals surface area contributed by atoms with Gasteiger partial charge in [-0.3, -0.25) is 9.36 Å². The highest BCUT2D eigenvalue weighted by molar-refractivity contribution is 7.75. The summed E-state index contributed by atoms with van der Waals surface area (Å²) in [6.45, 7) is 7.39. The fourth-order valence-electron chi connectivity index (χ4n) is 3.72. The number of carbonyl (C=O) groups is 1. The van der Waals surface area contributed by atoms with Crippen molar-refractivity contribution in [2.75, 3.05) is 7.11 Å². The fourth-order valence-corrected chi connectivity index (χ4v) is 6.11. The third-order valence-electron chi connectivity index (χ3n) is 5.30. The molecule has 174 valence electrons. The number of halogens is 1. The summed E-state index contributed by atoms with van der Waals surface area (Å²) in [4.78, 5) is 19.6. The minimum Gasteiger partial charge on any atom is -0.619 e. The number of nitrogens with one attached hydrogen (secondary N) is 2. The van der Waals surface area contributed by atoms with Crippen molar-refractivity contribution < 1.29 is 18.6 Å². The zero-order valence-corrected chi connectivity index (χ0v) is 19.9. The molecule has 0 bridgehead atoms. The molecule has 0 saturated heterocycles. The number of H-pyrrole nitrogens is 1. The van der Waals surface area contributed by atoms with Crippen LogP contribution in [0.3, 0.4) is 0 Å². The fraction of sp³-hybridized carbons (Fsp3) is 0.0833. The largest absolute Gasteiger partial charge is 0.619 e. The lowest BCUT2D eigenvalue weighted by Crippen LogP contribution is -2.31. The number of carbonyl (C=O) groups excluding carboxylic acids is 1. The van der Waals surface area contributed by atoms with Crippen molar-refractivity contribution in [3.8, 4) is 6.07 Å². The third-order valence-corrected chi connectivity index (χ3v) is 8.04. The summed E-state index contributed by atoms with van der Waals surface area (Å²) >= 11 is 6.21. The van der Waals surface area contributed by atoms with Crippen LogP contribution in [-0.2, 0) is 15.6 Å². The van der Waals surface area contributed by atoms with E-state index in [9.17, 15) is 19.8 Å². The molecule has 0 radical (unpaired) electrons. The van der Waals surface area contributed by atoms with Crippen LogP contribution in [-0.4, -0.2) is 18.0 Å². The predicted octanol–water partition coefficient (Wildman–Crippen LogP) is 3.68. The van der Waals surface area contributed by atoms with Gasteiger partial charge in [-0.2, -0.15) is 9.99 Å². The van der Waals surface area contributed by atoms with Crippen LogP contribution < -0.4 is 20.7 Å². The molecule has 0 aliphatic rings. The van der Waals surface area contributed by atoms with Crippen LogP contribution in [0.5, 0.6) is 0 Å². The SMILES string of the molecule is [C-]#[N+]c1cc(C#N)cc(P(=O)(OC)c2c(C(=O)NCc3ccc[n+]([O-])c3)[nH]c3ccc(Cl)cc23)c1. The Labute approximate surface area is 205 Å². The molecule has 2 N–H and O–H groups in total. The summed E-state index contributed by atoms with van der Waals surface area (Å²) in [7, 11) is -2.76. The minimum atomic E-state index is -4.00. The average Bonchev–Trinajstić information content (AvgIpc) is 3.25.